The molecule has 0 radical (unpaired) electrons. The molecule has 5 heteroatoms. The van der Waals surface area contributed by atoms with Crippen LogP contribution in [0.5, 0.6) is 0 Å². The summed E-state index contributed by atoms with van der Waals surface area (Å²) in [6.45, 7) is 0. The number of ether oxygens (including phenoxy) is 1. The molecule has 1 aliphatic heterocycles. The molecule has 0 unspecified atom stereocenters. The van der Waals surface area contributed by atoms with Crippen LogP contribution in [0.4, 0.5) is 0 Å². The van der Waals surface area contributed by atoms with Crippen LogP contribution in [0.25, 0.3) is 0 Å². The summed E-state index contributed by atoms with van der Waals surface area (Å²) in [4.78, 5) is 35.1. The van der Waals surface area contributed by atoms with Gasteiger partial charge in [0.25, 0.3) is 0 Å². The molecule has 2 aliphatic rings. The van der Waals surface area contributed by atoms with Gasteiger partial charge < -0.3 is 10.1 Å². The van der Waals surface area contributed by atoms with E-state index in [2.05, 4.69) is 10.1 Å². The van der Waals surface area contributed by atoms with E-state index in [-0.39, 0.29) is 12.2 Å². The maximum atomic E-state index is 11.9. The highest BCUT2D eigenvalue weighted by atomic mass is 16.5. The first-order valence-electron chi connectivity index (χ1n) is 6.00. The summed E-state index contributed by atoms with van der Waals surface area (Å²) >= 11 is 0. The largest absolute Gasteiger partial charge is 0.468 e. The Bertz CT molecular complexity index is 338. The molecule has 5 nitrogen and oxygen atoms in total. The summed E-state index contributed by atoms with van der Waals surface area (Å²) in [6, 6.07) is 0. The van der Waals surface area contributed by atoms with Crippen LogP contribution in [0, 0.1) is 5.92 Å². The van der Waals surface area contributed by atoms with Crippen molar-refractivity contribution < 1.29 is 19.1 Å². The molecule has 2 rings (SSSR count). The third kappa shape index (κ3) is 2.18. The molecule has 17 heavy (non-hydrogen) atoms. The van der Waals surface area contributed by atoms with Crippen LogP contribution >= 0.6 is 0 Å². The van der Waals surface area contributed by atoms with Gasteiger partial charge in [-0.15, -0.1) is 0 Å². The molecule has 1 amide bonds. The lowest BCUT2D eigenvalue weighted by molar-refractivity contribution is -0.157. The number of piperidine rings is 1. The van der Waals surface area contributed by atoms with Gasteiger partial charge in [-0.25, -0.2) is 0 Å². The van der Waals surface area contributed by atoms with Crippen LogP contribution in [-0.2, 0) is 19.1 Å². The number of hydrogen-bond donors (Lipinski definition) is 1. The average molecular weight is 239 g/mol. The average Bonchev–Trinajstić information content (AvgIpc) is 2.28. The minimum atomic E-state index is -1.26. The zero-order valence-corrected chi connectivity index (χ0v) is 9.95. The van der Waals surface area contributed by atoms with Crippen molar-refractivity contribution in [2.24, 2.45) is 5.92 Å². The van der Waals surface area contributed by atoms with E-state index in [1.807, 2.05) is 0 Å². The Hall–Kier alpha value is -1.39. The normalized spacial score (nSPS) is 27.7. The quantitative estimate of drug-likeness (QED) is 0.536. The second-order valence-corrected chi connectivity index (χ2v) is 4.93. The molecule has 1 atom stereocenters. The Morgan fingerprint density at radius 2 is 1.94 bits per heavy atom. The van der Waals surface area contributed by atoms with E-state index >= 15 is 0 Å². The fourth-order valence-corrected chi connectivity index (χ4v) is 2.85. The smallest absolute Gasteiger partial charge is 0.325 e. The van der Waals surface area contributed by atoms with Crippen molar-refractivity contribution in [3.05, 3.63) is 0 Å². The number of hydrogen-bond acceptors (Lipinski definition) is 4. The van der Waals surface area contributed by atoms with Crippen LogP contribution in [0.2, 0.25) is 0 Å². The third-order valence-corrected chi connectivity index (χ3v) is 3.73. The van der Waals surface area contributed by atoms with Gasteiger partial charge in [0.2, 0.25) is 5.91 Å². The summed E-state index contributed by atoms with van der Waals surface area (Å²) in [5.41, 5.74) is -0.392. The van der Waals surface area contributed by atoms with Gasteiger partial charge in [0.05, 0.1) is 7.11 Å². The van der Waals surface area contributed by atoms with Crippen molar-refractivity contribution >= 4 is 17.7 Å². The summed E-state index contributed by atoms with van der Waals surface area (Å²) in [6.07, 6.45) is 5.12. The Morgan fingerprint density at radius 1 is 1.29 bits per heavy atom. The van der Waals surface area contributed by atoms with Gasteiger partial charge in [-0.05, 0) is 12.8 Å². The molecule has 0 bridgehead atoms. The maximum absolute atomic E-state index is 11.9. The topological polar surface area (TPSA) is 72.5 Å². The van der Waals surface area contributed by atoms with Crippen molar-refractivity contribution in [2.45, 2.75) is 44.1 Å². The second kappa shape index (κ2) is 4.47. The molecule has 0 aromatic carbocycles. The van der Waals surface area contributed by atoms with E-state index < -0.39 is 23.3 Å². The first kappa shape index (κ1) is 12.1. The van der Waals surface area contributed by atoms with Crippen LogP contribution in [0.3, 0.4) is 0 Å². The van der Waals surface area contributed by atoms with Crippen LogP contribution < -0.4 is 5.32 Å². The number of methoxy groups -OCH3 is 1. The van der Waals surface area contributed by atoms with Gasteiger partial charge in [0.15, 0.2) is 11.7 Å². The van der Waals surface area contributed by atoms with E-state index in [0.29, 0.717) is 0 Å². The summed E-state index contributed by atoms with van der Waals surface area (Å²) in [5.74, 6) is -2.80. The number of amides is 1. The summed E-state index contributed by atoms with van der Waals surface area (Å²) in [7, 11) is 1.19. The Balaban J connectivity index is 2.14. The molecule has 1 heterocycles. The van der Waals surface area contributed by atoms with Gasteiger partial charge in [-0.2, -0.15) is 0 Å². The maximum Gasteiger partial charge on any atom is 0.325 e. The van der Waals surface area contributed by atoms with E-state index in [4.69, 9.17) is 0 Å². The van der Waals surface area contributed by atoms with Crippen molar-refractivity contribution in [2.75, 3.05) is 7.11 Å². The number of carbonyl (C=O) groups excluding carboxylic acids is 3. The molecular weight excluding hydrogens is 222 g/mol. The van der Waals surface area contributed by atoms with E-state index in [0.717, 1.165) is 32.1 Å². The number of ketones is 1. The molecule has 0 aromatic heterocycles. The third-order valence-electron chi connectivity index (χ3n) is 3.73. The van der Waals surface area contributed by atoms with E-state index in [9.17, 15) is 14.4 Å². The first-order valence-corrected chi connectivity index (χ1v) is 6.00. The Labute approximate surface area is 99.9 Å². The highest BCUT2D eigenvalue weighted by Gasteiger charge is 2.48. The lowest BCUT2D eigenvalue weighted by Crippen LogP contribution is -2.60. The molecule has 1 saturated carbocycles. The molecule has 1 spiro atoms. The Kier molecular flexibility index (Phi) is 3.17. The van der Waals surface area contributed by atoms with E-state index in [1.165, 1.54) is 7.11 Å². The van der Waals surface area contributed by atoms with Crippen LogP contribution in [-0.4, -0.2) is 30.3 Å². The number of Topliss-reactive ketones (excluding diaryl/α,β-unsaturated/α-hetero) is 1. The molecule has 0 aromatic rings. The number of rotatable bonds is 1. The SMILES string of the molecule is COC(=O)[C@H]1C(=O)CC2(CCCCC2)NC1=O. The zero-order chi connectivity index (χ0) is 12.5. The van der Waals surface area contributed by atoms with Crippen molar-refractivity contribution in [1.82, 2.24) is 5.32 Å². The fourth-order valence-electron chi connectivity index (χ4n) is 2.85. The molecule has 1 aliphatic carbocycles. The van der Waals surface area contributed by atoms with Gasteiger partial charge in [0, 0.05) is 12.0 Å². The molecule has 1 saturated heterocycles. The van der Waals surface area contributed by atoms with Gasteiger partial charge in [0.1, 0.15) is 0 Å². The summed E-state index contributed by atoms with van der Waals surface area (Å²) in [5, 5.41) is 2.87. The fraction of sp³-hybridized carbons (Fsp3) is 0.750. The lowest BCUT2D eigenvalue weighted by atomic mass is 9.73. The number of carbonyl (C=O) groups is 3. The van der Waals surface area contributed by atoms with Crippen molar-refractivity contribution in [3.63, 3.8) is 0 Å². The Morgan fingerprint density at radius 3 is 2.47 bits per heavy atom. The standard InChI is InChI=1S/C12H17NO4/c1-17-11(16)9-8(14)7-12(13-10(9)15)5-3-2-4-6-12/h9H,2-7H2,1H3,(H,13,15)/t9-/m0/s1. The predicted molar refractivity (Wildman–Crippen MR) is 59.1 cm³/mol. The highest BCUT2D eigenvalue weighted by molar-refractivity contribution is 6.18. The van der Waals surface area contributed by atoms with Gasteiger partial charge in [-0.1, -0.05) is 19.3 Å². The molecule has 1 N–H and O–H groups in total. The van der Waals surface area contributed by atoms with Crippen molar-refractivity contribution in [3.8, 4) is 0 Å². The number of nitrogens with one attached hydrogen (secondary N) is 1. The van der Waals surface area contributed by atoms with Crippen molar-refractivity contribution in [1.29, 1.82) is 0 Å². The molecule has 2 fully saturated rings. The highest BCUT2D eigenvalue weighted by Crippen LogP contribution is 2.35. The van der Waals surface area contributed by atoms with Crippen LogP contribution in [0.15, 0.2) is 0 Å². The van der Waals surface area contributed by atoms with E-state index in [1.54, 1.807) is 0 Å². The van der Waals surface area contributed by atoms with Crippen LogP contribution in [0.1, 0.15) is 38.5 Å². The lowest BCUT2D eigenvalue weighted by Gasteiger charge is -2.41. The first-order chi connectivity index (χ1) is 8.08. The molecule has 94 valence electrons. The predicted octanol–water partition coefficient (Wildman–Crippen LogP) is 0.567. The zero-order valence-electron chi connectivity index (χ0n) is 9.95. The summed E-state index contributed by atoms with van der Waals surface area (Å²) < 4.78 is 4.49. The van der Waals surface area contributed by atoms with Gasteiger partial charge in [-0.3, -0.25) is 14.4 Å². The molecular formula is C12H17NO4. The van der Waals surface area contributed by atoms with Gasteiger partial charge >= 0.3 is 5.97 Å². The monoisotopic (exact) mass is 239 g/mol. The minimum Gasteiger partial charge on any atom is -0.468 e. The number of esters is 1. The minimum absolute atomic E-state index is 0.262. The second-order valence-electron chi connectivity index (χ2n) is 4.93.